The van der Waals surface area contributed by atoms with E-state index in [1.54, 1.807) is 24.3 Å². The Kier molecular flexibility index (Phi) is 4.20. The molecule has 0 saturated heterocycles. The average molecular weight is 271 g/mol. The maximum absolute atomic E-state index is 11.9. The largest absolute Gasteiger partial charge is 0.357 e. The van der Waals surface area contributed by atoms with E-state index in [-0.39, 0.29) is 11.8 Å². The number of rotatable bonds is 4. The van der Waals surface area contributed by atoms with Gasteiger partial charge in [-0.3, -0.25) is 9.59 Å². The summed E-state index contributed by atoms with van der Waals surface area (Å²) in [6.45, 7) is 1.45. The second-order valence-corrected chi connectivity index (χ2v) is 4.67. The van der Waals surface area contributed by atoms with Crippen LogP contribution in [-0.4, -0.2) is 16.4 Å². The van der Waals surface area contributed by atoms with Crippen LogP contribution in [0, 0.1) is 0 Å². The van der Waals surface area contributed by atoms with Gasteiger partial charge in [-0.25, -0.2) is 0 Å². The minimum atomic E-state index is -0.120. The molecule has 0 aliphatic rings. The van der Waals surface area contributed by atoms with Gasteiger partial charge in [0.05, 0.1) is 6.42 Å². The Labute approximate surface area is 117 Å². The molecular formula is C15H17N3O2. The van der Waals surface area contributed by atoms with Crippen molar-refractivity contribution in [1.82, 2.24) is 4.57 Å². The lowest BCUT2D eigenvalue weighted by atomic mass is 10.2. The quantitative estimate of drug-likeness (QED) is 0.895. The Morgan fingerprint density at radius 3 is 2.15 bits per heavy atom. The van der Waals surface area contributed by atoms with Crippen molar-refractivity contribution in [2.24, 2.45) is 7.05 Å². The zero-order valence-corrected chi connectivity index (χ0v) is 11.5. The number of anilines is 2. The Hall–Kier alpha value is -2.56. The summed E-state index contributed by atoms with van der Waals surface area (Å²) in [4.78, 5) is 22.8. The topological polar surface area (TPSA) is 63.1 Å². The highest BCUT2D eigenvalue weighted by molar-refractivity contribution is 5.93. The molecule has 0 saturated carbocycles. The fraction of sp³-hybridized carbons (Fsp3) is 0.200. The molecule has 0 radical (unpaired) electrons. The average Bonchev–Trinajstić information content (AvgIpc) is 2.76. The van der Waals surface area contributed by atoms with Gasteiger partial charge in [0.1, 0.15) is 0 Å². The van der Waals surface area contributed by atoms with Gasteiger partial charge in [0.15, 0.2) is 0 Å². The summed E-state index contributed by atoms with van der Waals surface area (Å²) < 4.78 is 1.91. The van der Waals surface area contributed by atoms with Crippen LogP contribution in [0.2, 0.25) is 0 Å². The number of hydrogen-bond donors (Lipinski definition) is 2. The predicted molar refractivity (Wildman–Crippen MR) is 78.5 cm³/mol. The number of nitrogens with one attached hydrogen (secondary N) is 2. The zero-order chi connectivity index (χ0) is 14.5. The van der Waals surface area contributed by atoms with E-state index in [2.05, 4.69) is 10.6 Å². The van der Waals surface area contributed by atoms with Crippen LogP contribution >= 0.6 is 0 Å². The molecule has 2 aromatic rings. The molecule has 0 aliphatic heterocycles. The standard InChI is InChI=1S/C15H17N3O2/c1-11(19)16-13-3-5-14(6-4-13)17-15(20)9-12-7-8-18(2)10-12/h3-8,10H,9H2,1-2H3,(H,16,19)(H,17,20). The van der Waals surface area contributed by atoms with Crippen LogP contribution in [-0.2, 0) is 23.1 Å². The molecule has 2 N–H and O–H groups in total. The molecule has 2 amide bonds. The molecule has 2 rings (SSSR count). The number of carbonyl (C=O) groups is 2. The van der Waals surface area contributed by atoms with Crippen molar-refractivity contribution >= 4 is 23.2 Å². The molecule has 0 spiro atoms. The highest BCUT2D eigenvalue weighted by atomic mass is 16.2. The normalized spacial score (nSPS) is 10.1. The van der Waals surface area contributed by atoms with Gasteiger partial charge in [-0.2, -0.15) is 0 Å². The van der Waals surface area contributed by atoms with Gasteiger partial charge < -0.3 is 15.2 Å². The number of nitrogens with zero attached hydrogens (tertiary/aromatic N) is 1. The lowest BCUT2D eigenvalue weighted by Gasteiger charge is -2.06. The van der Waals surface area contributed by atoms with Crippen molar-refractivity contribution in [1.29, 1.82) is 0 Å². The summed E-state index contributed by atoms with van der Waals surface area (Å²) in [5, 5.41) is 5.49. The number of hydrogen-bond acceptors (Lipinski definition) is 2. The predicted octanol–water partition coefficient (Wildman–Crippen LogP) is 2.16. The molecule has 5 heteroatoms. The summed E-state index contributed by atoms with van der Waals surface area (Å²) in [5.74, 6) is -0.186. The maximum atomic E-state index is 11.9. The Morgan fingerprint density at radius 2 is 1.65 bits per heavy atom. The SMILES string of the molecule is CC(=O)Nc1ccc(NC(=O)Cc2ccn(C)c2)cc1. The second-order valence-electron chi connectivity index (χ2n) is 4.67. The minimum absolute atomic E-state index is 0.0662. The van der Waals surface area contributed by atoms with E-state index in [0.717, 1.165) is 5.56 Å². The molecule has 20 heavy (non-hydrogen) atoms. The molecule has 0 fully saturated rings. The number of amides is 2. The van der Waals surface area contributed by atoms with Gasteiger partial charge in [0.25, 0.3) is 0 Å². The number of aryl methyl sites for hydroxylation is 1. The van der Waals surface area contributed by atoms with Crippen LogP contribution in [0.15, 0.2) is 42.7 Å². The molecule has 1 aromatic heterocycles. The van der Waals surface area contributed by atoms with Crippen molar-refractivity contribution in [2.45, 2.75) is 13.3 Å². The molecule has 1 heterocycles. The first-order valence-electron chi connectivity index (χ1n) is 6.31. The number of benzene rings is 1. The van der Waals surface area contributed by atoms with E-state index in [4.69, 9.17) is 0 Å². The van der Waals surface area contributed by atoms with Gasteiger partial charge in [-0.1, -0.05) is 0 Å². The van der Waals surface area contributed by atoms with Crippen molar-refractivity contribution in [2.75, 3.05) is 10.6 Å². The van der Waals surface area contributed by atoms with E-state index in [1.807, 2.05) is 30.1 Å². The molecule has 0 atom stereocenters. The van der Waals surface area contributed by atoms with Crippen molar-refractivity contribution in [3.63, 3.8) is 0 Å². The third-order valence-electron chi connectivity index (χ3n) is 2.75. The van der Waals surface area contributed by atoms with Crippen LogP contribution in [0.25, 0.3) is 0 Å². The van der Waals surface area contributed by atoms with E-state index >= 15 is 0 Å². The number of aromatic nitrogens is 1. The van der Waals surface area contributed by atoms with Gasteiger partial charge >= 0.3 is 0 Å². The fourth-order valence-corrected chi connectivity index (χ4v) is 1.90. The van der Waals surface area contributed by atoms with Gasteiger partial charge in [0.2, 0.25) is 11.8 Å². The summed E-state index contributed by atoms with van der Waals surface area (Å²) in [6, 6.07) is 8.93. The van der Waals surface area contributed by atoms with Gasteiger partial charge in [-0.15, -0.1) is 0 Å². The van der Waals surface area contributed by atoms with Gasteiger partial charge in [-0.05, 0) is 35.9 Å². The van der Waals surface area contributed by atoms with Gasteiger partial charge in [0, 0.05) is 37.7 Å². The first-order chi connectivity index (χ1) is 9.52. The van der Waals surface area contributed by atoms with Crippen LogP contribution in [0.3, 0.4) is 0 Å². The van der Waals surface area contributed by atoms with Crippen molar-refractivity contribution in [3.05, 3.63) is 48.3 Å². The summed E-state index contributed by atoms with van der Waals surface area (Å²) in [6.07, 6.45) is 4.17. The molecule has 1 aromatic carbocycles. The molecule has 104 valence electrons. The molecule has 0 aliphatic carbocycles. The fourth-order valence-electron chi connectivity index (χ4n) is 1.90. The highest BCUT2D eigenvalue weighted by Crippen LogP contribution is 2.14. The highest BCUT2D eigenvalue weighted by Gasteiger charge is 2.05. The van der Waals surface area contributed by atoms with Crippen molar-refractivity contribution < 1.29 is 9.59 Å². The lowest BCUT2D eigenvalue weighted by molar-refractivity contribution is -0.116. The smallest absolute Gasteiger partial charge is 0.228 e. The first kappa shape index (κ1) is 13.9. The molecule has 0 unspecified atom stereocenters. The van der Waals surface area contributed by atoms with E-state index in [1.165, 1.54) is 6.92 Å². The monoisotopic (exact) mass is 271 g/mol. The van der Waals surface area contributed by atoms with Crippen molar-refractivity contribution in [3.8, 4) is 0 Å². The summed E-state index contributed by atoms with van der Waals surface area (Å²) in [5.41, 5.74) is 2.39. The molecule has 5 nitrogen and oxygen atoms in total. The number of carbonyl (C=O) groups excluding carboxylic acids is 2. The lowest BCUT2D eigenvalue weighted by Crippen LogP contribution is -2.14. The van der Waals surface area contributed by atoms with E-state index in [9.17, 15) is 9.59 Å². The van der Waals surface area contributed by atoms with Crippen LogP contribution in [0.4, 0.5) is 11.4 Å². The maximum Gasteiger partial charge on any atom is 0.228 e. The third kappa shape index (κ3) is 3.98. The Balaban J connectivity index is 1.92. The molecule has 0 bridgehead atoms. The second kappa shape index (κ2) is 6.06. The van der Waals surface area contributed by atoms with Crippen LogP contribution in [0.5, 0.6) is 0 Å². The van der Waals surface area contributed by atoms with Crippen LogP contribution < -0.4 is 10.6 Å². The van der Waals surface area contributed by atoms with E-state index in [0.29, 0.717) is 17.8 Å². The summed E-state index contributed by atoms with van der Waals surface area (Å²) >= 11 is 0. The Bertz CT molecular complexity index is 614. The third-order valence-corrected chi connectivity index (χ3v) is 2.75. The van der Waals surface area contributed by atoms with Crippen LogP contribution in [0.1, 0.15) is 12.5 Å². The van der Waals surface area contributed by atoms with E-state index < -0.39 is 0 Å². The molecular weight excluding hydrogens is 254 g/mol. The summed E-state index contributed by atoms with van der Waals surface area (Å²) in [7, 11) is 1.92. The Morgan fingerprint density at radius 1 is 1.05 bits per heavy atom. The zero-order valence-electron chi connectivity index (χ0n) is 11.5. The minimum Gasteiger partial charge on any atom is -0.357 e. The first-order valence-corrected chi connectivity index (χ1v) is 6.31.